The van der Waals surface area contributed by atoms with Gasteiger partial charge in [-0.3, -0.25) is 14.4 Å². The fourth-order valence-electron chi connectivity index (χ4n) is 5.73. The van der Waals surface area contributed by atoms with Gasteiger partial charge < -0.3 is 19.6 Å². The van der Waals surface area contributed by atoms with Crippen molar-refractivity contribution in [1.29, 1.82) is 0 Å². The maximum atomic E-state index is 13.9. The zero-order chi connectivity index (χ0) is 25.3. The Morgan fingerprint density at radius 3 is 2.31 bits per heavy atom. The van der Waals surface area contributed by atoms with Crippen LogP contribution in [0.15, 0.2) is 54.6 Å². The molecular formula is C28H33FN4O3. The number of amides is 3. The molecular weight excluding hydrogens is 459 g/mol. The van der Waals surface area contributed by atoms with Crippen molar-refractivity contribution in [1.82, 2.24) is 14.7 Å². The number of nitrogens with zero attached hydrogens (tertiary/aromatic N) is 4. The smallest absolute Gasteiger partial charge is 0.253 e. The van der Waals surface area contributed by atoms with Gasteiger partial charge in [0.25, 0.3) is 11.8 Å². The molecule has 0 N–H and O–H groups in total. The molecule has 3 aliphatic rings. The van der Waals surface area contributed by atoms with Crippen LogP contribution in [0.2, 0.25) is 0 Å². The van der Waals surface area contributed by atoms with Gasteiger partial charge in [-0.15, -0.1) is 0 Å². The predicted molar refractivity (Wildman–Crippen MR) is 135 cm³/mol. The highest BCUT2D eigenvalue weighted by atomic mass is 19.1. The molecule has 8 heteroatoms. The summed E-state index contributed by atoms with van der Waals surface area (Å²) in [5.74, 6) is -0.104. The summed E-state index contributed by atoms with van der Waals surface area (Å²) in [6.45, 7) is 4.88. The highest BCUT2D eigenvalue weighted by molar-refractivity contribution is 5.97. The summed E-state index contributed by atoms with van der Waals surface area (Å²) in [6, 6.07) is 15.5. The largest absolute Gasteiger partial charge is 0.341 e. The van der Waals surface area contributed by atoms with Gasteiger partial charge in [-0.1, -0.05) is 31.2 Å². The number of hydrogen-bond donors (Lipinski definition) is 0. The average molecular weight is 493 g/mol. The molecule has 0 radical (unpaired) electrons. The highest BCUT2D eigenvalue weighted by Gasteiger charge is 2.54. The van der Waals surface area contributed by atoms with Gasteiger partial charge in [-0.05, 0) is 61.9 Å². The molecule has 1 spiro atoms. The minimum atomic E-state index is -0.809. The van der Waals surface area contributed by atoms with Crippen LogP contribution in [0.1, 0.15) is 43.0 Å². The summed E-state index contributed by atoms with van der Waals surface area (Å²) in [7, 11) is 0. The summed E-state index contributed by atoms with van der Waals surface area (Å²) >= 11 is 0. The van der Waals surface area contributed by atoms with Crippen LogP contribution in [-0.4, -0.2) is 77.4 Å². The molecule has 0 aromatic heterocycles. The van der Waals surface area contributed by atoms with Crippen molar-refractivity contribution < 1.29 is 18.8 Å². The van der Waals surface area contributed by atoms with Crippen LogP contribution in [0.5, 0.6) is 0 Å². The monoisotopic (exact) mass is 492 g/mol. The molecule has 0 unspecified atom stereocenters. The van der Waals surface area contributed by atoms with Crippen molar-refractivity contribution in [3.63, 3.8) is 0 Å². The Kier molecular flexibility index (Phi) is 6.69. The van der Waals surface area contributed by atoms with E-state index in [-0.39, 0.29) is 24.3 Å². The van der Waals surface area contributed by atoms with Crippen LogP contribution in [-0.2, 0) is 9.59 Å². The predicted octanol–water partition coefficient (Wildman–Crippen LogP) is 3.37. The number of benzene rings is 2. The van der Waals surface area contributed by atoms with Crippen LogP contribution in [0.25, 0.3) is 0 Å². The molecule has 0 saturated carbocycles. The summed E-state index contributed by atoms with van der Waals surface area (Å²) in [6.07, 6.45) is 2.89. The number of carbonyl (C=O) groups excluding carboxylic acids is 3. The van der Waals surface area contributed by atoms with Crippen LogP contribution < -0.4 is 4.90 Å². The number of anilines is 1. The van der Waals surface area contributed by atoms with E-state index in [4.69, 9.17) is 0 Å². The normalized spacial score (nSPS) is 20.3. The molecule has 3 aliphatic heterocycles. The van der Waals surface area contributed by atoms with Gasteiger partial charge >= 0.3 is 0 Å². The number of likely N-dealkylation sites (tertiary alicyclic amines) is 2. The SMILES string of the molecule is CC1CCN(C(=O)CN2CN(c3ccccc3)C3(CCN(C(=O)c4cccc(F)c4)CC3)C2=O)CC1. The lowest BCUT2D eigenvalue weighted by Gasteiger charge is -2.43. The van der Waals surface area contributed by atoms with E-state index in [1.165, 1.54) is 18.2 Å². The number of piperidine rings is 2. The molecule has 3 fully saturated rings. The van der Waals surface area contributed by atoms with Crippen LogP contribution in [0, 0.1) is 11.7 Å². The van der Waals surface area contributed by atoms with E-state index in [2.05, 4.69) is 11.8 Å². The van der Waals surface area contributed by atoms with Crippen LogP contribution in [0.3, 0.4) is 0 Å². The molecule has 2 aromatic carbocycles. The number of para-hydroxylation sites is 1. The minimum absolute atomic E-state index is 0.000898. The molecule has 36 heavy (non-hydrogen) atoms. The zero-order valence-electron chi connectivity index (χ0n) is 20.7. The Morgan fingerprint density at radius 1 is 0.944 bits per heavy atom. The molecule has 0 atom stereocenters. The third-order valence-corrected chi connectivity index (χ3v) is 7.99. The lowest BCUT2D eigenvalue weighted by molar-refractivity contribution is -0.141. The summed E-state index contributed by atoms with van der Waals surface area (Å²) in [5, 5.41) is 0. The van der Waals surface area contributed by atoms with E-state index >= 15 is 0 Å². The average Bonchev–Trinajstić information content (AvgIpc) is 3.15. The van der Waals surface area contributed by atoms with E-state index in [9.17, 15) is 18.8 Å². The van der Waals surface area contributed by atoms with Gasteiger partial charge in [0.1, 0.15) is 17.9 Å². The fraction of sp³-hybridized carbons (Fsp3) is 0.464. The van der Waals surface area contributed by atoms with E-state index < -0.39 is 11.4 Å². The lowest BCUT2D eigenvalue weighted by atomic mass is 9.85. The van der Waals surface area contributed by atoms with Crippen LogP contribution in [0.4, 0.5) is 10.1 Å². The maximum absolute atomic E-state index is 13.9. The molecule has 0 aliphatic carbocycles. The van der Waals surface area contributed by atoms with Gasteiger partial charge in [0.15, 0.2) is 0 Å². The summed E-state index contributed by atoms with van der Waals surface area (Å²) in [5.41, 5.74) is 0.431. The number of hydrogen-bond acceptors (Lipinski definition) is 4. The second-order valence-electron chi connectivity index (χ2n) is 10.3. The fourth-order valence-corrected chi connectivity index (χ4v) is 5.73. The van der Waals surface area contributed by atoms with Crippen molar-refractivity contribution >= 4 is 23.4 Å². The molecule has 7 nitrogen and oxygen atoms in total. The van der Waals surface area contributed by atoms with Crippen LogP contribution >= 0.6 is 0 Å². The topological polar surface area (TPSA) is 64.2 Å². The molecule has 3 amide bonds. The van der Waals surface area contributed by atoms with E-state index in [0.29, 0.717) is 44.1 Å². The van der Waals surface area contributed by atoms with Crippen molar-refractivity contribution in [3.8, 4) is 0 Å². The Balaban J connectivity index is 1.34. The molecule has 5 rings (SSSR count). The first-order valence-electron chi connectivity index (χ1n) is 12.8. The van der Waals surface area contributed by atoms with Gasteiger partial charge in [0, 0.05) is 37.4 Å². The first-order valence-corrected chi connectivity index (χ1v) is 12.8. The first kappa shape index (κ1) is 24.3. The second-order valence-corrected chi connectivity index (χ2v) is 10.3. The quantitative estimate of drug-likeness (QED) is 0.657. The third-order valence-electron chi connectivity index (χ3n) is 7.99. The van der Waals surface area contributed by atoms with Crippen molar-refractivity contribution in [3.05, 3.63) is 66.0 Å². The second kappa shape index (κ2) is 9.91. The molecule has 190 valence electrons. The number of carbonyl (C=O) groups is 3. The van der Waals surface area contributed by atoms with Gasteiger partial charge in [0.05, 0.1) is 6.67 Å². The highest BCUT2D eigenvalue weighted by Crippen LogP contribution is 2.39. The molecule has 3 saturated heterocycles. The Labute approximate surface area is 211 Å². The van der Waals surface area contributed by atoms with Crippen molar-refractivity contribution in [2.45, 2.75) is 38.1 Å². The Morgan fingerprint density at radius 2 is 1.64 bits per heavy atom. The Bertz CT molecular complexity index is 1120. The summed E-state index contributed by atoms with van der Waals surface area (Å²) < 4.78 is 13.7. The van der Waals surface area contributed by atoms with Gasteiger partial charge in [0.2, 0.25) is 5.91 Å². The van der Waals surface area contributed by atoms with E-state index in [1.807, 2.05) is 35.2 Å². The van der Waals surface area contributed by atoms with Gasteiger partial charge in [-0.2, -0.15) is 0 Å². The molecule has 0 bridgehead atoms. The standard InChI is InChI=1S/C28H33FN4O3/c1-21-10-14-30(15-11-21)25(34)19-32-20-33(24-8-3-2-4-9-24)28(27(32)36)12-16-31(17-13-28)26(35)22-6-5-7-23(29)18-22/h2-9,18,21H,10-17,19-20H2,1H3. The number of halogens is 1. The van der Waals surface area contributed by atoms with Gasteiger partial charge in [-0.25, -0.2) is 4.39 Å². The lowest BCUT2D eigenvalue weighted by Crippen LogP contribution is -2.57. The molecule has 3 heterocycles. The van der Waals surface area contributed by atoms with E-state index in [0.717, 1.165) is 31.6 Å². The van der Waals surface area contributed by atoms with E-state index in [1.54, 1.807) is 15.9 Å². The zero-order valence-corrected chi connectivity index (χ0v) is 20.7. The minimum Gasteiger partial charge on any atom is -0.341 e. The third kappa shape index (κ3) is 4.56. The summed E-state index contributed by atoms with van der Waals surface area (Å²) in [4.78, 5) is 47.3. The molecule has 2 aromatic rings. The van der Waals surface area contributed by atoms with Crippen molar-refractivity contribution in [2.24, 2.45) is 5.92 Å². The first-order chi connectivity index (χ1) is 17.4. The number of rotatable bonds is 4. The van der Waals surface area contributed by atoms with Crippen molar-refractivity contribution in [2.75, 3.05) is 44.3 Å². The Hall–Kier alpha value is -3.42. The maximum Gasteiger partial charge on any atom is 0.253 e.